The highest BCUT2D eigenvalue weighted by molar-refractivity contribution is 8.03. The van der Waals surface area contributed by atoms with Crippen molar-refractivity contribution in [3.05, 3.63) is 40.6 Å². The zero-order valence-electron chi connectivity index (χ0n) is 10.8. The standard InChI is InChI=1S/C13H12N2O4S/c1-8-14-15-13(19-8)20-11(12(16)17)7-9-3-5-10(18-2)6-4-9/h3-7H,1-2H3,(H,16,17)/p-1/b11-7-. The molecule has 104 valence electrons. The number of benzene rings is 1. The third-order valence-corrected chi connectivity index (χ3v) is 3.16. The number of ether oxygens (including phenoxy) is 1. The van der Waals surface area contributed by atoms with Crippen LogP contribution in [0.3, 0.4) is 0 Å². The quantitative estimate of drug-likeness (QED) is 0.605. The predicted molar refractivity (Wildman–Crippen MR) is 70.9 cm³/mol. The van der Waals surface area contributed by atoms with Gasteiger partial charge in [0.25, 0.3) is 5.22 Å². The number of aliphatic carboxylic acids is 1. The van der Waals surface area contributed by atoms with E-state index >= 15 is 0 Å². The lowest BCUT2D eigenvalue weighted by Crippen LogP contribution is -2.23. The molecule has 0 bridgehead atoms. The van der Waals surface area contributed by atoms with Crippen LogP contribution < -0.4 is 9.84 Å². The molecule has 20 heavy (non-hydrogen) atoms. The van der Waals surface area contributed by atoms with E-state index in [0.717, 1.165) is 11.8 Å². The molecule has 0 aliphatic carbocycles. The highest BCUT2D eigenvalue weighted by Crippen LogP contribution is 2.27. The zero-order chi connectivity index (χ0) is 14.5. The van der Waals surface area contributed by atoms with Crippen LogP contribution in [0.2, 0.25) is 0 Å². The number of methoxy groups -OCH3 is 1. The minimum absolute atomic E-state index is 0.0150. The van der Waals surface area contributed by atoms with Crippen LogP contribution >= 0.6 is 11.8 Å². The third-order valence-electron chi connectivity index (χ3n) is 2.32. The molecule has 2 rings (SSSR count). The summed E-state index contributed by atoms with van der Waals surface area (Å²) in [5, 5.41) is 18.6. The first-order chi connectivity index (χ1) is 9.58. The second kappa shape index (κ2) is 6.25. The van der Waals surface area contributed by atoms with Gasteiger partial charge in [-0.3, -0.25) is 0 Å². The molecule has 0 radical (unpaired) electrons. The Morgan fingerprint density at radius 2 is 2.05 bits per heavy atom. The van der Waals surface area contributed by atoms with Crippen molar-refractivity contribution in [1.29, 1.82) is 0 Å². The van der Waals surface area contributed by atoms with Gasteiger partial charge in [-0.25, -0.2) is 0 Å². The summed E-state index contributed by atoms with van der Waals surface area (Å²) in [6.45, 7) is 1.63. The summed E-state index contributed by atoms with van der Waals surface area (Å²) in [5.74, 6) is -0.242. The molecule has 1 heterocycles. The van der Waals surface area contributed by atoms with E-state index in [9.17, 15) is 9.90 Å². The van der Waals surface area contributed by atoms with Gasteiger partial charge in [-0.2, -0.15) is 0 Å². The molecular weight excluding hydrogens is 280 g/mol. The molecule has 0 amide bonds. The van der Waals surface area contributed by atoms with Gasteiger partial charge in [-0.05, 0) is 35.5 Å². The van der Waals surface area contributed by atoms with Gasteiger partial charge >= 0.3 is 0 Å². The van der Waals surface area contributed by atoms with Crippen molar-refractivity contribution in [1.82, 2.24) is 10.2 Å². The molecule has 0 saturated carbocycles. The highest BCUT2D eigenvalue weighted by atomic mass is 32.2. The molecule has 0 atom stereocenters. The number of carbonyl (C=O) groups is 1. The molecule has 0 fully saturated rings. The van der Waals surface area contributed by atoms with E-state index in [1.54, 1.807) is 38.3 Å². The lowest BCUT2D eigenvalue weighted by Gasteiger charge is -2.06. The Hall–Kier alpha value is -2.28. The van der Waals surface area contributed by atoms with Crippen LogP contribution in [0.15, 0.2) is 38.8 Å². The smallest absolute Gasteiger partial charge is 0.281 e. The van der Waals surface area contributed by atoms with Crippen LogP contribution in [0.5, 0.6) is 5.75 Å². The van der Waals surface area contributed by atoms with Crippen molar-refractivity contribution >= 4 is 23.8 Å². The predicted octanol–water partition coefficient (Wildman–Crippen LogP) is 1.27. The lowest BCUT2D eigenvalue weighted by atomic mass is 10.2. The average Bonchev–Trinajstić information content (AvgIpc) is 2.84. The maximum Gasteiger partial charge on any atom is 0.281 e. The Bertz CT molecular complexity index is 634. The second-order valence-electron chi connectivity index (χ2n) is 3.76. The highest BCUT2D eigenvalue weighted by Gasteiger charge is 2.08. The van der Waals surface area contributed by atoms with Crippen molar-refractivity contribution in [2.75, 3.05) is 7.11 Å². The summed E-state index contributed by atoms with van der Waals surface area (Å²) in [5.41, 5.74) is 0.703. The van der Waals surface area contributed by atoms with Crippen molar-refractivity contribution in [2.45, 2.75) is 12.1 Å². The molecule has 6 nitrogen and oxygen atoms in total. The number of carboxylic acids is 1. The first kappa shape index (κ1) is 14.1. The van der Waals surface area contributed by atoms with Crippen LogP contribution in [-0.2, 0) is 4.79 Å². The largest absolute Gasteiger partial charge is 0.544 e. The molecule has 1 aromatic carbocycles. The molecule has 0 aliphatic heterocycles. The van der Waals surface area contributed by atoms with Gasteiger partial charge in [0.1, 0.15) is 5.75 Å². The number of hydrogen-bond acceptors (Lipinski definition) is 7. The van der Waals surface area contributed by atoms with Gasteiger partial charge in [-0.15, -0.1) is 10.2 Å². The maximum absolute atomic E-state index is 11.1. The van der Waals surface area contributed by atoms with Gasteiger partial charge < -0.3 is 19.1 Å². The van der Waals surface area contributed by atoms with E-state index in [4.69, 9.17) is 9.15 Å². The monoisotopic (exact) mass is 291 g/mol. The summed E-state index contributed by atoms with van der Waals surface area (Å²) in [4.78, 5) is 11.1. The average molecular weight is 291 g/mol. The van der Waals surface area contributed by atoms with Crippen LogP contribution in [0.25, 0.3) is 6.08 Å². The SMILES string of the molecule is COc1ccc(/C=C(\Sc2nnc(C)o2)C(=O)[O-])cc1. The summed E-state index contributed by atoms with van der Waals surface area (Å²) < 4.78 is 10.2. The minimum atomic E-state index is -1.30. The molecule has 1 aromatic heterocycles. The fraction of sp³-hybridized carbons (Fsp3) is 0.154. The van der Waals surface area contributed by atoms with Crippen molar-refractivity contribution in [3.63, 3.8) is 0 Å². The fourth-order valence-electron chi connectivity index (χ4n) is 1.40. The topological polar surface area (TPSA) is 88.3 Å². The Labute approximate surface area is 119 Å². The summed E-state index contributed by atoms with van der Waals surface area (Å²) in [6, 6.07) is 6.95. The molecule has 0 aliphatic rings. The summed E-state index contributed by atoms with van der Waals surface area (Å²) in [7, 11) is 1.56. The van der Waals surface area contributed by atoms with Crippen molar-refractivity contribution < 1.29 is 19.1 Å². The molecular formula is C13H11N2O4S-. The number of carbonyl (C=O) groups excluding carboxylic acids is 1. The lowest BCUT2D eigenvalue weighted by molar-refractivity contribution is -0.298. The molecule has 0 spiro atoms. The zero-order valence-corrected chi connectivity index (χ0v) is 11.6. The summed E-state index contributed by atoms with van der Waals surface area (Å²) >= 11 is 0.850. The Kier molecular flexibility index (Phi) is 4.41. The van der Waals surface area contributed by atoms with Gasteiger partial charge in [-0.1, -0.05) is 12.1 Å². The minimum Gasteiger partial charge on any atom is -0.544 e. The molecule has 7 heteroatoms. The first-order valence-corrected chi connectivity index (χ1v) is 6.45. The van der Waals surface area contributed by atoms with Crippen LogP contribution in [0, 0.1) is 6.92 Å². The molecule has 2 aromatic rings. The van der Waals surface area contributed by atoms with E-state index in [-0.39, 0.29) is 10.1 Å². The number of nitrogens with zero attached hydrogens (tertiary/aromatic N) is 2. The number of hydrogen-bond donors (Lipinski definition) is 0. The summed E-state index contributed by atoms with van der Waals surface area (Å²) in [6.07, 6.45) is 1.47. The number of aromatic nitrogens is 2. The fourth-order valence-corrected chi connectivity index (χ4v) is 2.11. The number of rotatable bonds is 5. The maximum atomic E-state index is 11.1. The van der Waals surface area contributed by atoms with E-state index in [1.807, 2.05) is 0 Å². The van der Waals surface area contributed by atoms with Crippen molar-refractivity contribution in [3.8, 4) is 5.75 Å². The number of carboxylic acid groups (broad SMARTS) is 1. The number of thioether (sulfide) groups is 1. The van der Waals surface area contributed by atoms with E-state index in [0.29, 0.717) is 17.2 Å². The van der Waals surface area contributed by atoms with Crippen LogP contribution in [-0.4, -0.2) is 23.3 Å². The number of aryl methyl sites for hydroxylation is 1. The molecule has 0 N–H and O–H groups in total. The van der Waals surface area contributed by atoms with Crippen LogP contribution in [0.4, 0.5) is 0 Å². The van der Waals surface area contributed by atoms with Gasteiger partial charge in [0.2, 0.25) is 5.89 Å². The Morgan fingerprint density at radius 1 is 1.35 bits per heavy atom. The van der Waals surface area contributed by atoms with E-state index < -0.39 is 5.97 Å². The molecule has 0 unspecified atom stereocenters. The normalized spacial score (nSPS) is 11.4. The van der Waals surface area contributed by atoms with E-state index in [2.05, 4.69) is 10.2 Å². The molecule has 0 saturated heterocycles. The Balaban J connectivity index is 2.22. The van der Waals surface area contributed by atoms with E-state index in [1.165, 1.54) is 6.08 Å². The van der Waals surface area contributed by atoms with Gasteiger partial charge in [0.15, 0.2) is 0 Å². The first-order valence-electron chi connectivity index (χ1n) is 5.63. The Morgan fingerprint density at radius 3 is 2.55 bits per heavy atom. The van der Waals surface area contributed by atoms with Gasteiger partial charge in [0.05, 0.1) is 13.1 Å². The second-order valence-corrected chi connectivity index (χ2v) is 4.75. The van der Waals surface area contributed by atoms with Crippen molar-refractivity contribution in [2.24, 2.45) is 0 Å². The van der Waals surface area contributed by atoms with Crippen LogP contribution in [0.1, 0.15) is 11.5 Å². The third kappa shape index (κ3) is 3.61. The van der Waals surface area contributed by atoms with Gasteiger partial charge in [0, 0.05) is 11.8 Å².